The van der Waals surface area contributed by atoms with Crippen LogP contribution in [-0.2, 0) is 22.8 Å². The molecule has 1 heterocycles. The summed E-state index contributed by atoms with van der Waals surface area (Å²) in [5, 5.41) is 3.41. The van der Waals surface area contributed by atoms with Crippen LogP contribution in [0.25, 0.3) is 0 Å². The van der Waals surface area contributed by atoms with Gasteiger partial charge in [-0.05, 0) is 35.2 Å². The molecular formula is C20H24F2N2O2S. The Morgan fingerprint density at radius 1 is 1.07 bits per heavy atom. The number of aryl methyl sites for hydroxylation is 1. The smallest absolute Gasteiger partial charge is 0.314 e. The van der Waals surface area contributed by atoms with E-state index >= 15 is 0 Å². The predicted octanol–water partition coefficient (Wildman–Crippen LogP) is 3.39. The average Bonchev–Trinajstić information content (AvgIpc) is 2.69. The van der Waals surface area contributed by atoms with E-state index in [-0.39, 0.29) is 10.9 Å². The van der Waals surface area contributed by atoms with Crippen molar-refractivity contribution in [2.24, 2.45) is 0 Å². The predicted molar refractivity (Wildman–Crippen MR) is 101 cm³/mol. The third-order valence-electron chi connectivity index (χ3n) is 5.00. The Bertz CT molecular complexity index is 853. The molecule has 2 aromatic carbocycles. The quantitative estimate of drug-likeness (QED) is 0.816. The first kappa shape index (κ1) is 19.9. The van der Waals surface area contributed by atoms with Gasteiger partial charge < -0.3 is 5.32 Å². The summed E-state index contributed by atoms with van der Waals surface area (Å²) in [6.45, 7) is 5.33. The summed E-state index contributed by atoms with van der Waals surface area (Å²) in [6.07, 6.45) is 1.00. The molecule has 7 heteroatoms. The zero-order valence-electron chi connectivity index (χ0n) is 15.2. The maximum absolute atomic E-state index is 12.7. The molecule has 4 nitrogen and oxygen atoms in total. The first-order valence-electron chi connectivity index (χ1n) is 9.06. The van der Waals surface area contributed by atoms with Gasteiger partial charge in [0, 0.05) is 32.2 Å². The van der Waals surface area contributed by atoms with Crippen LogP contribution in [0.3, 0.4) is 0 Å². The minimum Gasteiger partial charge on any atom is -0.314 e. The molecule has 1 fully saturated rings. The lowest BCUT2D eigenvalue weighted by Gasteiger charge is -2.36. The number of alkyl halides is 2. The lowest BCUT2D eigenvalue weighted by Crippen LogP contribution is -2.45. The molecule has 0 aromatic heterocycles. The van der Waals surface area contributed by atoms with Crippen molar-refractivity contribution < 1.29 is 17.2 Å². The average molecular weight is 394 g/mol. The van der Waals surface area contributed by atoms with Crippen molar-refractivity contribution in [1.29, 1.82) is 0 Å². The molecule has 1 atom stereocenters. The van der Waals surface area contributed by atoms with Crippen molar-refractivity contribution in [3.8, 4) is 0 Å². The van der Waals surface area contributed by atoms with Gasteiger partial charge >= 0.3 is 5.76 Å². The van der Waals surface area contributed by atoms with Gasteiger partial charge in [-0.2, -0.15) is 8.78 Å². The maximum Gasteiger partial charge on any atom is 0.341 e. The van der Waals surface area contributed by atoms with Gasteiger partial charge in [0.05, 0.1) is 4.90 Å². The van der Waals surface area contributed by atoms with Crippen molar-refractivity contribution in [3.05, 3.63) is 65.2 Å². The first-order valence-corrected chi connectivity index (χ1v) is 10.6. The third-order valence-corrected chi connectivity index (χ3v) is 6.40. The minimum absolute atomic E-state index is 0.217. The van der Waals surface area contributed by atoms with Crippen LogP contribution in [0.2, 0.25) is 0 Å². The molecule has 0 saturated carbocycles. The molecule has 146 valence electrons. The van der Waals surface area contributed by atoms with E-state index in [0.717, 1.165) is 31.6 Å². The summed E-state index contributed by atoms with van der Waals surface area (Å²) >= 11 is 0. The summed E-state index contributed by atoms with van der Waals surface area (Å²) in [4.78, 5) is 1.99. The number of halogens is 2. The molecule has 1 unspecified atom stereocenters. The van der Waals surface area contributed by atoms with E-state index in [9.17, 15) is 17.2 Å². The molecule has 1 aliphatic rings. The topological polar surface area (TPSA) is 49.4 Å². The van der Waals surface area contributed by atoms with Crippen molar-refractivity contribution in [2.45, 2.75) is 36.6 Å². The van der Waals surface area contributed by atoms with Crippen molar-refractivity contribution >= 4 is 9.84 Å². The van der Waals surface area contributed by atoms with Crippen LogP contribution in [-0.4, -0.2) is 38.7 Å². The number of sulfone groups is 1. The summed E-state index contributed by atoms with van der Waals surface area (Å²) in [5.41, 5.74) is 3.43. The fourth-order valence-electron chi connectivity index (χ4n) is 3.36. The fraction of sp³-hybridized carbons (Fsp3) is 0.400. The molecule has 0 aliphatic carbocycles. The highest BCUT2D eigenvalue weighted by atomic mass is 32.2. The lowest BCUT2D eigenvalue weighted by molar-refractivity contribution is 0.153. The second kappa shape index (κ2) is 8.46. The second-order valence-electron chi connectivity index (χ2n) is 6.74. The second-order valence-corrected chi connectivity index (χ2v) is 8.65. The van der Waals surface area contributed by atoms with Crippen LogP contribution in [0, 0.1) is 0 Å². The van der Waals surface area contributed by atoms with Gasteiger partial charge in [-0.3, -0.25) is 4.90 Å². The third kappa shape index (κ3) is 4.54. The molecule has 0 spiro atoms. The first-order chi connectivity index (χ1) is 12.9. The SMILES string of the molecule is CCc1ccc(C2CNCCN2Cc2ccc(S(=O)(=O)C(F)F)cc2)cc1. The Balaban J connectivity index is 1.76. The number of nitrogens with zero attached hydrogens (tertiary/aromatic N) is 1. The van der Waals surface area contributed by atoms with Crippen LogP contribution in [0.4, 0.5) is 8.78 Å². The van der Waals surface area contributed by atoms with E-state index in [1.165, 1.54) is 23.3 Å². The van der Waals surface area contributed by atoms with Gasteiger partial charge in [0.1, 0.15) is 0 Å². The molecule has 0 radical (unpaired) electrons. The highest BCUT2D eigenvalue weighted by molar-refractivity contribution is 7.91. The highest BCUT2D eigenvalue weighted by Gasteiger charge is 2.27. The largest absolute Gasteiger partial charge is 0.341 e. The zero-order valence-corrected chi connectivity index (χ0v) is 16.1. The molecule has 1 aliphatic heterocycles. The fourth-order valence-corrected chi connectivity index (χ4v) is 4.08. The van der Waals surface area contributed by atoms with E-state index in [0.29, 0.717) is 6.54 Å². The summed E-state index contributed by atoms with van der Waals surface area (Å²) in [6, 6.07) is 14.6. The van der Waals surface area contributed by atoms with Crippen LogP contribution >= 0.6 is 0 Å². The van der Waals surface area contributed by atoms with Crippen molar-refractivity contribution in [1.82, 2.24) is 10.2 Å². The van der Waals surface area contributed by atoms with Gasteiger partial charge in [-0.25, -0.2) is 8.42 Å². The maximum atomic E-state index is 12.7. The molecular weight excluding hydrogens is 370 g/mol. The van der Waals surface area contributed by atoms with Gasteiger partial charge in [0.15, 0.2) is 0 Å². The lowest BCUT2D eigenvalue weighted by atomic mass is 10.0. The zero-order chi connectivity index (χ0) is 19.4. The summed E-state index contributed by atoms with van der Waals surface area (Å²) < 4.78 is 48.4. The summed E-state index contributed by atoms with van der Waals surface area (Å²) in [5.74, 6) is -3.40. The van der Waals surface area contributed by atoms with Crippen LogP contribution in [0.1, 0.15) is 29.7 Å². The van der Waals surface area contributed by atoms with Gasteiger partial charge in [-0.1, -0.05) is 43.3 Å². The Hall–Kier alpha value is -1.83. The Kier molecular flexibility index (Phi) is 6.24. The van der Waals surface area contributed by atoms with E-state index in [2.05, 4.69) is 41.4 Å². The Labute approximate surface area is 159 Å². The summed E-state index contributed by atoms with van der Waals surface area (Å²) in [7, 11) is -4.54. The van der Waals surface area contributed by atoms with Crippen LogP contribution < -0.4 is 5.32 Å². The molecule has 1 saturated heterocycles. The highest BCUT2D eigenvalue weighted by Crippen LogP contribution is 2.25. The van der Waals surface area contributed by atoms with Crippen molar-refractivity contribution in [3.63, 3.8) is 0 Å². The minimum atomic E-state index is -4.54. The van der Waals surface area contributed by atoms with E-state index < -0.39 is 15.6 Å². The van der Waals surface area contributed by atoms with E-state index in [1.807, 2.05) is 0 Å². The number of rotatable bonds is 6. The number of benzene rings is 2. The molecule has 0 amide bonds. The van der Waals surface area contributed by atoms with Gasteiger partial charge in [0.25, 0.3) is 0 Å². The van der Waals surface area contributed by atoms with Crippen LogP contribution in [0.15, 0.2) is 53.4 Å². The molecule has 2 aromatic rings. The van der Waals surface area contributed by atoms with Gasteiger partial charge in [0.2, 0.25) is 9.84 Å². The molecule has 27 heavy (non-hydrogen) atoms. The van der Waals surface area contributed by atoms with Crippen molar-refractivity contribution in [2.75, 3.05) is 19.6 Å². The normalized spacial score (nSPS) is 18.7. The molecule has 3 rings (SSSR count). The standard InChI is InChI=1S/C20H24F2N2O2S/c1-2-15-3-7-17(8-4-15)19-13-23-11-12-24(19)14-16-5-9-18(10-6-16)27(25,26)20(21)22/h3-10,19-20,23H,2,11-14H2,1H3. The van der Waals surface area contributed by atoms with Crippen LogP contribution in [0.5, 0.6) is 0 Å². The Morgan fingerprint density at radius 3 is 2.30 bits per heavy atom. The Morgan fingerprint density at radius 2 is 1.70 bits per heavy atom. The number of hydrogen-bond donors (Lipinski definition) is 1. The monoisotopic (exact) mass is 394 g/mol. The van der Waals surface area contributed by atoms with Gasteiger partial charge in [-0.15, -0.1) is 0 Å². The number of piperazine rings is 1. The number of hydrogen-bond acceptors (Lipinski definition) is 4. The number of nitrogens with one attached hydrogen (secondary N) is 1. The molecule has 0 bridgehead atoms. The van der Waals surface area contributed by atoms with E-state index in [1.54, 1.807) is 12.1 Å². The van der Waals surface area contributed by atoms with E-state index in [4.69, 9.17) is 0 Å². The molecule has 1 N–H and O–H groups in total.